The number of amides is 2. The molecule has 1 heterocycles. The van der Waals surface area contributed by atoms with Gasteiger partial charge in [-0.15, -0.1) is 0 Å². The van der Waals surface area contributed by atoms with Crippen molar-refractivity contribution in [2.24, 2.45) is 0 Å². The van der Waals surface area contributed by atoms with Gasteiger partial charge in [-0.1, -0.05) is 30.3 Å². The van der Waals surface area contributed by atoms with Gasteiger partial charge in [-0.2, -0.15) is 0 Å². The molecule has 3 rings (SSSR count). The number of benzene rings is 2. The van der Waals surface area contributed by atoms with Gasteiger partial charge in [0, 0.05) is 18.3 Å². The fraction of sp³-hybridized carbons (Fsp3) is 0.280. The Morgan fingerprint density at radius 2 is 1.89 bits per heavy atom. The van der Waals surface area contributed by atoms with Crippen molar-refractivity contribution in [3.63, 3.8) is 0 Å². The molecule has 0 fully saturated rings. The van der Waals surface area contributed by atoms with Crippen molar-refractivity contribution in [3.05, 3.63) is 96.8 Å². The Kier molecular flexibility index (Phi) is 9.48. The number of aromatic nitrogens is 2. The fourth-order valence-corrected chi connectivity index (χ4v) is 3.47. The third kappa shape index (κ3) is 7.61. The summed E-state index contributed by atoms with van der Waals surface area (Å²) in [4.78, 5) is 63.8. The highest BCUT2D eigenvalue weighted by molar-refractivity contribution is 5.96. The molecule has 1 aromatic heterocycles. The average Bonchev–Trinajstić information content (AvgIpc) is 2.89. The fourth-order valence-electron chi connectivity index (χ4n) is 3.47. The number of carbonyl (C=O) groups is 2. The number of nitrogens with zero attached hydrogens (tertiary/aromatic N) is 3. The standard InChI is InChI=1S/C25H27N5O8/c1-17-13-29(25(34)27-24(17)33)15-23(32)28(10-11-38-16-18-6-4-3-5-7-18)14-22(31)26-20-9-8-19(37-2)12-21(20)30(35)36/h3-9,12-13H,10-11,14-16H2,1-2H3,(H,26,31)(H,27,33,34). The first-order valence-electron chi connectivity index (χ1n) is 11.5. The Labute approximate surface area is 216 Å². The van der Waals surface area contributed by atoms with Gasteiger partial charge in [0.2, 0.25) is 11.8 Å². The molecule has 13 heteroatoms. The summed E-state index contributed by atoms with van der Waals surface area (Å²) in [6.45, 7) is 0.950. The van der Waals surface area contributed by atoms with Crippen LogP contribution in [0.1, 0.15) is 11.1 Å². The average molecular weight is 526 g/mol. The number of aromatic amines is 1. The zero-order chi connectivity index (χ0) is 27.7. The van der Waals surface area contributed by atoms with E-state index in [0.29, 0.717) is 0 Å². The monoisotopic (exact) mass is 525 g/mol. The minimum absolute atomic E-state index is 0.000872. The predicted molar refractivity (Wildman–Crippen MR) is 137 cm³/mol. The molecular weight excluding hydrogens is 498 g/mol. The number of anilines is 1. The van der Waals surface area contributed by atoms with Crippen molar-refractivity contribution in [1.29, 1.82) is 0 Å². The lowest BCUT2D eigenvalue weighted by atomic mass is 10.2. The molecule has 13 nitrogen and oxygen atoms in total. The van der Waals surface area contributed by atoms with Gasteiger partial charge in [-0.05, 0) is 24.6 Å². The Morgan fingerprint density at radius 1 is 1.16 bits per heavy atom. The highest BCUT2D eigenvalue weighted by Gasteiger charge is 2.22. The maximum Gasteiger partial charge on any atom is 0.328 e. The Morgan fingerprint density at radius 3 is 2.58 bits per heavy atom. The second kappa shape index (κ2) is 13.0. The van der Waals surface area contributed by atoms with Crippen LogP contribution in [0.4, 0.5) is 11.4 Å². The molecule has 0 aliphatic heterocycles. The molecule has 2 N–H and O–H groups in total. The quantitative estimate of drug-likeness (QED) is 0.204. The molecule has 0 spiro atoms. The SMILES string of the molecule is COc1ccc(NC(=O)CN(CCOCc2ccccc2)C(=O)Cn2cc(C)c(=O)[nH]c2=O)c([N+](=O)[O-])c1. The minimum atomic E-state index is -0.771. The van der Waals surface area contributed by atoms with Crippen molar-refractivity contribution < 1.29 is 24.0 Å². The second-order valence-corrected chi connectivity index (χ2v) is 8.24. The van der Waals surface area contributed by atoms with Crippen LogP contribution in [-0.4, -0.2) is 58.0 Å². The van der Waals surface area contributed by atoms with Crippen LogP contribution in [0.15, 0.2) is 64.3 Å². The molecule has 2 amide bonds. The number of carbonyl (C=O) groups excluding carboxylic acids is 2. The van der Waals surface area contributed by atoms with E-state index in [0.717, 1.165) is 10.1 Å². The number of hydrogen-bond acceptors (Lipinski definition) is 8. The summed E-state index contributed by atoms with van der Waals surface area (Å²) in [6.07, 6.45) is 1.25. The van der Waals surface area contributed by atoms with Crippen LogP contribution in [0.3, 0.4) is 0 Å². The topological polar surface area (TPSA) is 166 Å². The number of nitrogens with one attached hydrogen (secondary N) is 2. The van der Waals surface area contributed by atoms with E-state index >= 15 is 0 Å². The van der Waals surface area contributed by atoms with Gasteiger partial charge in [-0.25, -0.2) is 4.79 Å². The number of nitro groups is 1. The number of aryl methyl sites for hydroxylation is 1. The molecule has 0 bridgehead atoms. The third-order valence-corrected chi connectivity index (χ3v) is 5.47. The number of hydrogen-bond donors (Lipinski definition) is 2. The number of ether oxygens (including phenoxy) is 2. The van der Waals surface area contributed by atoms with Crippen molar-refractivity contribution in [3.8, 4) is 5.75 Å². The summed E-state index contributed by atoms with van der Waals surface area (Å²) in [5.74, 6) is -1.05. The summed E-state index contributed by atoms with van der Waals surface area (Å²) >= 11 is 0. The molecule has 0 radical (unpaired) electrons. The molecule has 0 aliphatic carbocycles. The first kappa shape index (κ1) is 27.8. The van der Waals surface area contributed by atoms with E-state index in [4.69, 9.17) is 9.47 Å². The van der Waals surface area contributed by atoms with E-state index < -0.39 is 41.1 Å². The van der Waals surface area contributed by atoms with Crippen molar-refractivity contribution >= 4 is 23.2 Å². The van der Waals surface area contributed by atoms with Crippen LogP contribution in [0.25, 0.3) is 0 Å². The molecule has 3 aromatic rings. The van der Waals surface area contributed by atoms with Crippen LogP contribution in [0.2, 0.25) is 0 Å². The lowest BCUT2D eigenvalue weighted by Crippen LogP contribution is -2.43. The zero-order valence-corrected chi connectivity index (χ0v) is 20.8. The predicted octanol–water partition coefficient (Wildman–Crippen LogP) is 1.45. The Bertz CT molecular complexity index is 1420. The van der Waals surface area contributed by atoms with Gasteiger partial charge < -0.3 is 19.7 Å². The highest BCUT2D eigenvalue weighted by Crippen LogP contribution is 2.28. The van der Waals surface area contributed by atoms with Crippen molar-refractivity contribution in [2.75, 3.05) is 32.1 Å². The molecule has 0 saturated carbocycles. The normalized spacial score (nSPS) is 10.6. The number of methoxy groups -OCH3 is 1. The molecular formula is C25H27N5O8. The van der Waals surface area contributed by atoms with Crippen LogP contribution in [0.5, 0.6) is 5.75 Å². The maximum absolute atomic E-state index is 13.1. The van der Waals surface area contributed by atoms with E-state index in [1.165, 1.54) is 43.3 Å². The van der Waals surface area contributed by atoms with Gasteiger partial charge in [0.1, 0.15) is 24.5 Å². The van der Waals surface area contributed by atoms with Gasteiger partial charge in [0.25, 0.3) is 11.2 Å². The maximum atomic E-state index is 13.1. The van der Waals surface area contributed by atoms with Crippen LogP contribution in [0, 0.1) is 17.0 Å². The van der Waals surface area contributed by atoms with E-state index in [1.807, 2.05) is 30.3 Å². The molecule has 0 saturated heterocycles. The van der Waals surface area contributed by atoms with Crippen molar-refractivity contribution in [1.82, 2.24) is 14.5 Å². The highest BCUT2D eigenvalue weighted by atomic mass is 16.6. The lowest BCUT2D eigenvalue weighted by molar-refractivity contribution is -0.384. The summed E-state index contributed by atoms with van der Waals surface area (Å²) < 4.78 is 11.7. The second-order valence-electron chi connectivity index (χ2n) is 8.24. The summed E-state index contributed by atoms with van der Waals surface area (Å²) in [5.41, 5.74) is -0.624. The Balaban J connectivity index is 1.73. The number of H-pyrrole nitrogens is 1. The zero-order valence-electron chi connectivity index (χ0n) is 20.8. The van der Waals surface area contributed by atoms with Gasteiger partial charge in [0.15, 0.2) is 0 Å². The summed E-state index contributed by atoms with van der Waals surface area (Å²) in [7, 11) is 1.36. The van der Waals surface area contributed by atoms with Crippen LogP contribution in [-0.2, 0) is 27.5 Å². The van der Waals surface area contributed by atoms with E-state index in [1.54, 1.807) is 0 Å². The molecule has 0 unspecified atom stereocenters. The number of rotatable bonds is 12. The lowest BCUT2D eigenvalue weighted by Gasteiger charge is -2.23. The molecule has 38 heavy (non-hydrogen) atoms. The van der Waals surface area contributed by atoms with Gasteiger partial charge in [-0.3, -0.25) is 34.0 Å². The molecule has 2 aromatic carbocycles. The Hall–Kier alpha value is -4.78. The van der Waals surface area contributed by atoms with E-state index in [-0.39, 0.29) is 42.4 Å². The van der Waals surface area contributed by atoms with E-state index in [2.05, 4.69) is 10.3 Å². The third-order valence-electron chi connectivity index (χ3n) is 5.47. The summed E-state index contributed by atoms with van der Waals surface area (Å²) in [5, 5.41) is 13.9. The smallest absolute Gasteiger partial charge is 0.328 e. The molecule has 200 valence electrons. The largest absolute Gasteiger partial charge is 0.496 e. The summed E-state index contributed by atoms with van der Waals surface area (Å²) in [6, 6.07) is 13.3. The van der Waals surface area contributed by atoms with Gasteiger partial charge in [0.05, 0.1) is 31.3 Å². The van der Waals surface area contributed by atoms with Crippen LogP contribution < -0.4 is 21.3 Å². The van der Waals surface area contributed by atoms with Crippen LogP contribution >= 0.6 is 0 Å². The molecule has 0 atom stereocenters. The minimum Gasteiger partial charge on any atom is -0.496 e. The molecule has 0 aliphatic rings. The first-order valence-corrected chi connectivity index (χ1v) is 11.5. The number of nitro benzene ring substituents is 1. The van der Waals surface area contributed by atoms with Gasteiger partial charge >= 0.3 is 5.69 Å². The van der Waals surface area contributed by atoms with Crippen molar-refractivity contribution in [2.45, 2.75) is 20.1 Å². The first-order chi connectivity index (χ1) is 18.2. The van der Waals surface area contributed by atoms with E-state index in [9.17, 15) is 29.3 Å².